The zero-order valence-corrected chi connectivity index (χ0v) is 9.17. The minimum Gasteiger partial charge on any atom is -0.197 e. The Labute approximate surface area is 100 Å². The van der Waals surface area contributed by atoms with Gasteiger partial charge in [0.1, 0.15) is 0 Å². The maximum atomic E-state index is 9.29. The highest BCUT2D eigenvalue weighted by molar-refractivity contribution is 5.47. The molecule has 2 rings (SSSR count). The molecule has 0 bridgehead atoms. The van der Waals surface area contributed by atoms with Gasteiger partial charge in [-0.2, -0.15) is 10.5 Å². The lowest BCUT2D eigenvalue weighted by atomic mass is 9.90. The van der Waals surface area contributed by atoms with E-state index < -0.39 is 0 Å². The first-order valence-electron chi connectivity index (χ1n) is 5.30. The van der Waals surface area contributed by atoms with Gasteiger partial charge in [0, 0.05) is 0 Å². The van der Waals surface area contributed by atoms with Gasteiger partial charge >= 0.3 is 0 Å². The molecule has 0 fully saturated rings. The predicted molar refractivity (Wildman–Crippen MR) is 65.1 cm³/mol. The number of hydrogen-bond donors (Lipinski definition) is 0. The first kappa shape index (κ1) is 10.9. The number of rotatable bonds is 2. The van der Waals surface area contributed by atoms with Gasteiger partial charge in [0.15, 0.2) is 0 Å². The van der Waals surface area contributed by atoms with E-state index in [4.69, 9.17) is 5.26 Å². The van der Waals surface area contributed by atoms with Crippen LogP contribution >= 0.6 is 0 Å². The van der Waals surface area contributed by atoms with Gasteiger partial charge in [-0.25, -0.2) is 0 Å². The van der Waals surface area contributed by atoms with E-state index in [-0.39, 0.29) is 5.92 Å². The molecule has 2 nitrogen and oxygen atoms in total. The van der Waals surface area contributed by atoms with E-state index in [1.54, 1.807) is 6.07 Å². The molecule has 80 valence electrons. The summed E-state index contributed by atoms with van der Waals surface area (Å²) >= 11 is 0. The highest BCUT2D eigenvalue weighted by atomic mass is 14.3. The average molecular weight is 218 g/mol. The summed E-state index contributed by atoms with van der Waals surface area (Å²) in [6.07, 6.45) is 0. The van der Waals surface area contributed by atoms with Crippen molar-refractivity contribution in [1.82, 2.24) is 0 Å². The second kappa shape index (κ2) is 4.96. The van der Waals surface area contributed by atoms with Gasteiger partial charge in [-0.1, -0.05) is 48.5 Å². The fourth-order valence-electron chi connectivity index (χ4n) is 1.82. The van der Waals surface area contributed by atoms with Crippen LogP contribution in [-0.2, 0) is 0 Å². The molecule has 0 aliphatic rings. The third-order valence-electron chi connectivity index (χ3n) is 2.65. The van der Waals surface area contributed by atoms with Crippen molar-refractivity contribution in [1.29, 1.82) is 10.5 Å². The molecule has 0 amide bonds. The summed E-state index contributed by atoms with van der Waals surface area (Å²) in [5, 5.41) is 18.3. The van der Waals surface area contributed by atoms with Crippen molar-refractivity contribution in [2.24, 2.45) is 0 Å². The third-order valence-corrected chi connectivity index (χ3v) is 2.65. The Morgan fingerprint density at radius 3 is 2.12 bits per heavy atom. The maximum absolute atomic E-state index is 9.29. The largest absolute Gasteiger partial charge is 0.197 e. The molecular formula is C15H10N2. The summed E-state index contributed by atoms with van der Waals surface area (Å²) in [4.78, 5) is 0. The summed E-state index contributed by atoms with van der Waals surface area (Å²) in [6, 6.07) is 21.1. The standard InChI is InChI=1S/C15H10N2/c16-10-13-8-4-5-9-14(13)15(11-17)12-6-2-1-3-7-12/h1-9,15H/t15-/m1/s1. The maximum Gasteiger partial charge on any atom is 0.0995 e. The predicted octanol–water partition coefficient (Wildman–Crippen LogP) is 3.21. The SMILES string of the molecule is N#Cc1ccccc1[C@H](C#N)c1ccccc1. The average Bonchev–Trinajstić information content (AvgIpc) is 2.41. The molecule has 0 N–H and O–H groups in total. The van der Waals surface area contributed by atoms with Crippen LogP contribution in [0.3, 0.4) is 0 Å². The van der Waals surface area contributed by atoms with Gasteiger partial charge in [0.25, 0.3) is 0 Å². The van der Waals surface area contributed by atoms with Crippen LogP contribution < -0.4 is 0 Å². The Kier molecular flexibility index (Phi) is 3.19. The summed E-state index contributed by atoms with van der Waals surface area (Å²) in [6.45, 7) is 0. The van der Waals surface area contributed by atoms with Crippen molar-refractivity contribution in [3.05, 3.63) is 71.3 Å². The minimum atomic E-state index is -0.382. The van der Waals surface area contributed by atoms with E-state index in [0.29, 0.717) is 5.56 Å². The van der Waals surface area contributed by atoms with Gasteiger partial charge in [0.05, 0.1) is 23.6 Å². The van der Waals surface area contributed by atoms with Crippen LogP contribution in [0.5, 0.6) is 0 Å². The number of benzene rings is 2. The van der Waals surface area contributed by atoms with Crippen LogP contribution in [0.25, 0.3) is 0 Å². The fraction of sp³-hybridized carbons (Fsp3) is 0.0667. The van der Waals surface area contributed by atoms with E-state index in [1.165, 1.54) is 0 Å². The third kappa shape index (κ3) is 2.17. The van der Waals surface area contributed by atoms with Gasteiger partial charge in [-0.3, -0.25) is 0 Å². The molecule has 0 aliphatic heterocycles. The van der Waals surface area contributed by atoms with Gasteiger partial charge < -0.3 is 0 Å². The summed E-state index contributed by atoms with van der Waals surface area (Å²) < 4.78 is 0. The molecule has 0 spiro atoms. The topological polar surface area (TPSA) is 47.6 Å². The Bertz CT molecular complexity index is 588. The van der Waals surface area contributed by atoms with Crippen molar-refractivity contribution in [3.63, 3.8) is 0 Å². The molecule has 0 saturated carbocycles. The Hall–Kier alpha value is -2.58. The van der Waals surface area contributed by atoms with Crippen molar-refractivity contribution in [2.75, 3.05) is 0 Å². The van der Waals surface area contributed by atoms with Crippen LogP contribution in [-0.4, -0.2) is 0 Å². The van der Waals surface area contributed by atoms with Crippen molar-refractivity contribution >= 4 is 0 Å². The zero-order chi connectivity index (χ0) is 12.1. The molecule has 1 atom stereocenters. The number of nitriles is 2. The quantitative estimate of drug-likeness (QED) is 0.777. The smallest absolute Gasteiger partial charge is 0.0995 e. The van der Waals surface area contributed by atoms with Crippen LogP contribution in [0.2, 0.25) is 0 Å². The van der Waals surface area contributed by atoms with E-state index in [9.17, 15) is 5.26 Å². The van der Waals surface area contributed by atoms with Crippen molar-refractivity contribution < 1.29 is 0 Å². The molecule has 0 aromatic heterocycles. The summed E-state index contributed by atoms with van der Waals surface area (Å²) in [5.41, 5.74) is 2.24. The van der Waals surface area contributed by atoms with Gasteiger partial charge in [-0.15, -0.1) is 0 Å². The van der Waals surface area contributed by atoms with Crippen LogP contribution in [0.4, 0.5) is 0 Å². The van der Waals surface area contributed by atoms with Crippen LogP contribution in [0, 0.1) is 22.7 Å². The van der Waals surface area contributed by atoms with Crippen molar-refractivity contribution in [3.8, 4) is 12.1 Å². The van der Waals surface area contributed by atoms with Gasteiger partial charge in [0.2, 0.25) is 0 Å². The highest BCUT2D eigenvalue weighted by Gasteiger charge is 2.15. The minimum absolute atomic E-state index is 0.382. The second-order valence-electron chi connectivity index (χ2n) is 3.67. The normalized spacial score (nSPS) is 11.2. The van der Waals surface area contributed by atoms with Gasteiger partial charge in [-0.05, 0) is 17.2 Å². The first-order chi connectivity index (χ1) is 8.36. The zero-order valence-electron chi connectivity index (χ0n) is 9.17. The Balaban J connectivity index is 2.52. The molecule has 0 heterocycles. The number of hydrogen-bond acceptors (Lipinski definition) is 2. The molecule has 0 radical (unpaired) electrons. The Morgan fingerprint density at radius 2 is 1.47 bits per heavy atom. The van der Waals surface area contributed by atoms with E-state index in [2.05, 4.69) is 12.1 Å². The lowest BCUT2D eigenvalue weighted by Crippen LogP contribution is -2.00. The van der Waals surface area contributed by atoms with Crippen LogP contribution in [0.15, 0.2) is 54.6 Å². The molecule has 2 aromatic carbocycles. The molecule has 2 aromatic rings. The van der Waals surface area contributed by atoms with Crippen LogP contribution in [0.1, 0.15) is 22.6 Å². The number of nitrogens with zero attached hydrogens (tertiary/aromatic N) is 2. The summed E-state index contributed by atoms with van der Waals surface area (Å²) in [7, 11) is 0. The lowest BCUT2D eigenvalue weighted by molar-refractivity contribution is 1.03. The second-order valence-corrected chi connectivity index (χ2v) is 3.67. The van der Waals surface area contributed by atoms with E-state index in [1.807, 2.05) is 48.5 Å². The molecule has 17 heavy (non-hydrogen) atoms. The molecule has 0 unspecified atom stereocenters. The Morgan fingerprint density at radius 1 is 0.824 bits per heavy atom. The monoisotopic (exact) mass is 218 g/mol. The van der Waals surface area contributed by atoms with E-state index in [0.717, 1.165) is 11.1 Å². The first-order valence-corrected chi connectivity index (χ1v) is 5.30. The summed E-state index contributed by atoms with van der Waals surface area (Å²) in [5.74, 6) is -0.382. The van der Waals surface area contributed by atoms with E-state index >= 15 is 0 Å². The highest BCUT2D eigenvalue weighted by Crippen LogP contribution is 2.26. The van der Waals surface area contributed by atoms with Crippen molar-refractivity contribution in [2.45, 2.75) is 5.92 Å². The lowest BCUT2D eigenvalue weighted by Gasteiger charge is -2.11. The molecule has 2 heteroatoms. The molecule has 0 aliphatic carbocycles. The fourth-order valence-corrected chi connectivity index (χ4v) is 1.82. The molecular weight excluding hydrogens is 208 g/mol. The molecule has 0 saturated heterocycles.